The van der Waals surface area contributed by atoms with Gasteiger partial charge in [0.2, 0.25) is 0 Å². The summed E-state index contributed by atoms with van der Waals surface area (Å²) in [7, 11) is 1.71. The maximum atomic E-state index is 11.6. The molecule has 100 valence electrons. The van der Waals surface area contributed by atoms with E-state index in [1.54, 1.807) is 19.2 Å². The molecule has 1 rings (SSSR count). The number of rotatable bonds is 8. The summed E-state index contributed by atoms with van der Waals surface area (Å²) in [5, 5.41) is 0. The lowest BCUT2D eigenvalue weighted by Gasteiger charge is -2.05. The molecule has 1 aromatic rings. The Bertz CT molecular complexity index is 343. The van der Waals surface area contributed by atoms with Gasteiger partial charge in [0.25, 0.3) is 0 Å². The molecule has 0 aliphatic carbocycles. The molecule has 0 amide bonds. The van der Waals surface area contributed by atoms with Crippen molar-refractivity contribution in [3.8, 4) is 0 Å². The van der Waals surface area contributed by atoms with Crippen LogP contribution < -0.4 is 0 Å². The first kappa shape index (κ1) is 14.7. The molecule has 0 unspecified atom stereocenters. The summed E-state index contributed by atoms with van der Waals surface area (Å²) in [4.78, 5) is 11.6. The number of unbranched alkanes of at least 4 members (excludes halogenated alkanes) is 3. The van der Waals surface area contributed by atoms with Gasteiger partial charge in [0.05, 0.1) is 12.2 Å². The van der Waals surface area contributed by atoms with E-state index < -0.39 is 0 Å². The second kappa shape index (κ2) is 8.70. The average Bonchev–Trinajstić information content (AvgIpc) is 2.38. The number of hydrogen-bond acceptors (Lipinski definition) is 3. The minimum Gasteiger partial charge on any atom is -0.462 e. The third-order valence-corrected chi connectivity index (χ3v) is 2.76. The van der Waals surface area contributed by atoms with Crippen LogP contribution in [0, 0.1) is 6.92 Å². The van der Waals surface area contributed by atoms with Gasteiger partial charge in [0, 0.05) is 13.7 Å². The monoisotopic (exact) mass is 250 g/mol. The van der Waals surface area contributed by atoms with Gasteiger partial charge in [-0.1, -0.05) is 24.1 Å². The van der Waals surface area contributed by atoms with Gasteiger partial charge in [-0.15, -0.1) is 0 Å². The zero-order valence-electron chi connectivity index (χ0n) is 11.3. The predicted molar refractivity (Wildman–Crippen MR) is 71.8 cm³/mol. The van der Waals surface area contributed by atoms with E-state index in [0.29, 0.717) is 12.2 Å². The normalized spacial score (nSPS) is 10.3. The molecular formula is C15H22O3. The van der Waals surface area contributed by atoms with Crippen molar-refractivity contribution in [1.82, 2.24) is 0 Å². The number of ether oxygens (including phenoxy) is 2. The number of hydrogen-bond donors (Lipinski definition) is 0. The van der Waals surface area contributed by atoms with Crippen molar-refractivity contribution < 1.29 is 14.3 Å². The molecular weight excluding hydrogens is 228 g/mol. The van der Waals surface area contributed by atoms with Crippen LogP contribution in [0.25, 0.3) is 0 Å². The SMILES string of the molecule is COCCCCCCOC(=O)c1ccc(C)cc1. The molecule has 0 atom stereocenters. The smallest absolute Gasteiger partial charge is 0.338 e. The lowest BCUT2D eigenvalue weighted by molar-refractivity contribution is 0.0497. The second-order valence-corrected chi connectivity index (χ2v) is 4.41. The third kappa shape index (κ3) is 5.82. The summed E-state index contributed by atoms with van der Waals surface area (Å²) in [5.41, 5.74) is 1.77. The number of benzene rings is 1. The van der Waals surface area contributed by atoms with Gasteiger partial charge in [0.1, 0.15) is 0 Å². The van der Waals surface area contributed by atoms with E-state index in [-0.39, 0.29) is 5.97 Å². The standard InChI is InChI=1S/C15H22O3/c1-13-7-9-14(10-8-13)15(16)18-12-6-4-3-5-11-17-2/h7-10H,3-6,11-12H2,1-2H3. The highest BCUT2D eigenvalue weighted by molar-refractivity contribution is 5.89. The zero-order chi connectivity index (χ0) is 13.2. The van der Waals surface area contributed by atoms with Crippen LogP contribution in [0.2, 0.25) is 0 Å². The van der Waals surface area contributed by atoms with E-state index in [9.17, 15) is 4.79 Å². The first-order valence-corrected chi connectivity index (χ1v) is 6.47. The van der Waals surface area contributed by atoms with Crippen molar-refractivity contribution in [2.24, 2.45) is 0 Å². The van der Waals surface area contributed by atoms with E-state index in [1.807, 2.05) is 19.1 Å². The average molecular weight is 250 g/mol. The molecule has 0 heterocycles. The molecule has 0 aliphatic heterocycles. The van der Waals surface area contributed by atoms with Crippen molar-refractivity contribution in [1.29, 1.82) is 0 Å². The fourth-order valence-electron chi connectivity index (χ4n) is 1.64. The molecule has 0 radical (unpaired) electrons. The van der Waals surface area contributed by atoms with Crippen LogP contribution in [0.4, 0.5) is 0 Å². The van der Waals surface area contributed by atoms with Crippen molar-refractivity contribution >= 4 is 5.97 Å². The fourth-order valence-corrected chi connectivity index (χ4v) is 1.64. The minimum atomic E-state index is -0.230. The van der Waals surface area contributed by atoms with Crippen LogP contribution >= 0.6 is 0 Å². The molecule has 0 spiro atoms. The Kier molecular flexibility index (Phi) is 7.11. The van der Waals surface area contributed by atoms with E-state index in [0.717, 1.165) is 37.9 Å². The summed E-state index contributed by atoms with van der Waals surface area (Å²) < 4.78 is 10.2. The van der Waals surface area contributed by atoms with Crippen molar-refractivity contribution in [3.63, 3.8) is 0 Å². The predicted octanol–water partition coefficient (Wildman–Crippen LogP) is 3.36. The summed E-state index contributed by atoms with van der Waals surface area (Å²) in [6.07, 6.45) is 4.18. The van der Waals surface area contributed by atoms with E-state index >= 15 is 0 Å². The Labute approximate surface area is 109 Å². The number of carbonyl (C=O) groups is 1. The highest BCUT2D eigenvalue weighted by atomic mass is 16.5. The number of carbonyl (C=O) groups excluding carboxylic acids is 1. The van der Waals surface area contributed by atoms with Crippen LogP contribution in [-0.2, 0) is 9.47 Å². The maximum absolute atomic E-state index is 11.6. The van der Waals surface area contributed by atoms with Crippen molar-refractivity contribution in [3.05, 3.63) is 35.4 Å². The topological polar surface area (TPSA) is 35.5 Å². The Hall–Kier alpha value is -1.35. The number of aryl methyl sites for hydroxylation is 1. The van der Waals surface area contributed by atoms with Gasteiger partial charge in [-0.05, 0) is 38.3 Å². The zero-order valence-corrected chi connectivity index (χ0v) is 11.3. The van der Waals surface area contributed by atoms with Crippen LogP contribution in [0.5, 0.6) is 0 Å². The van der Waals surface area contributed by atoms with Crippen LogP contribution in [0.1, 0.15) is 41.6 Å². The molecule has 0 N–H and O–H groups in total. The molecule has 0 saturated carbocycles. The maximum Gasteiger partial charge on any atom is 0.338 e. The second-order valence-electron chi connectivity index (χ2n) is 4.41. The van der Waals surface area contributed by atoms with Crippen LogP contribution in [-0.4, -0.2) is 26.3 Å². The lowest BCUT2D eigenvalue weighted by Crippen LogP contribution is -2.06. The summed E-state index contributed by atoms with van der Waals surface area (Å²) in [5.74, 6) is -0.230. The molecule has 3 heteroatoms. The molecule has 1 aromatic carbocycles. The molecule has 0 aliphatic rings. The highest BCUT2D eigenvalue weighted by Crippen LogP contribution is 2.06. The quantitative estimate of drug-likeness (QED) is 0.524. The molecule has 0 saturated heterocycles. The van der Waals surface area contributed by atoms with Crippen LogP contribution in [0.3, 0.4) is 0 Å². The summed E-state index contributed by atoms with van der Waals surface area (Å²) in [6, 6.07) is 7.44. The largest absolute Gasteiger partial charge is 0.462 e. The molecule has 3 nitrogen and oxygen atoms in total. The van der Waals surface area contributed by atoms with E-state index in [4.69, 9.17) is 9.47 Å². The van der Waals surface area contributed by atoms with E-state index in [2.05, 4.69) is 0 Å². The van der Waals surface area contributed by atoms with E-state index in [1.165, 1.54) is 0 Å². The van der Waals surface area contributed by atoms with Gasteiger partial charge in [-0.2, -0.15) is 0 Å². The van der Waals surface area contributed by atoms with Gasteiger partial charge >= 0.3 is 5.97 Å². The lowest BCUT2D eigenvalue weighted by atomic mass is 10.1. The Balaban J connectivity index is 2.12. The number of esters is 1. The Morgan fingerprint density at radius 1 is 1.00 bits per heavy atom. The Morgan fingerprint density at radius 3 is 2.22 bits per heavy atom. The minimum absolute atomic E-state index is 0.230. The molecule has 18 heavy (non-hydrogen) atoms. The van der Waals surface area contributed by atoms with Gasteiger partial charge in [-0.25, -0.2) is 4.79 Å². The highest BCUT2D eigenvalue weighted by Gasteiger charge is 2.05. The van der Waals surface area contributed by atoms with Gasteiger partial charge in [0.15, 0.2) is 0 Å². The van der Waals surface area contributed by atoms with Crippen LogP contribution in [0.15, 0.2) is 24.3 Å². The van der Waals surface area contributed by atoms with Gasteiger partial charge < -0.3 is 9.47 Å². The number of methoxy groups -OCH3 is 1. The van der Waals surface area contributed by atoms with Crippen molar-refractivity contribution in [2.45, 2.75) is 32.6 Å². The summed E-state index contributed by atoms with van der Waals surface area (Å²) in [6.45, 7) is 3.30. The fraction of sp³-hybridized carbons (Fsp3) is 0.533. The molecule has 0 fully saturated rings. The Morgan fingerprint density at radius 2 is 1.61 bits per heavy atom. The first-order valence-electron chi connectivity index (χ1n) is 6.47. The van der Waals surface area contributed by atoms with Gasteiger partial charge in [-0.3, -0.25) is 0 Å². The molecule has 0 aromatic heterocycles. The summed E-state index contributed by atoms with van der Waals surface area (Å²) >= 11 is 0. The molecule has 0 bridgehead atoms. The third-order valence-electron chi connectivity index (χ3n) is 2.76. The first-order chi connectivity index (χ1) is 8.74. The van der Waals surface area contributed by atoms with Crippen molar-refractivity contribution in [2.75, 3.05) is 20.3 Å².